The number of carbonyl (C=O) groups excluding carboxylic acids is 1. The van der Waals surface area contributed by atoms with Crippen LogP contribution >= 0.6 is 12.4 Å². The number of amides is 1. The highest BCUT2D eigenvalue weighted by molar-refractivity contribution is 5.91. The molecule has 1 saturated heterocycles. The Morgan fingerprint density at radius 3 is 2.44 bits per heavy atom. The van der Waals surface area contributed by atoms with E-state index in [0.29, 0.717) is 0 Å². The molecule has 1 aromatic heterocycles. The van der Waals surface area contributed by atoms with Crippen LogP contribution in [0.1, 0.15) is 22.6 Å². The molecule has 0 N–H and O–H groups in total. The van der Waals surface area contributed by atoms with E-state index in [2.05, 4.69) is 10.1 Å². The van der Waals surface area contributed by atoms with E-state index in [1.165, 1.54) is 5.56 Å². The topological polar surface area (TPSA) is 49.6 Å². The van der Waals surface area contributed by atoms with Gasteiger partial charge in [0.05, 0.1) is 5.69 Å². The number of halogens is 1. The minimum Gasteiger partial charge on any atom is -0.361 e. The average molecular weight is 362 g/mol. The minimum absolute atomic E-state index is 0. The monoisotopic (exact) mass is 361 g/mol. The molecule has 6 heteroatoms. The summed E-state index contributed by atoms with van der Waals surface area (Å²) in [4.78, 5) is 16.5. The van der Waals surface area contributed by atoms with Crippen LogP contribution in [0.2, 0.25) is 0 Å². The zero-order valence-corrected chi connectivity index (χ0v) is 15.5. The van der Waals surface area contributed by atoms with Crippen LogP contribution < -0.4 is 0 Å². The number of aryl methyl sites for hydroxylation is 2. The summed E-state index contributed by atoms with van der Waals surface area (Å²) < 4.78 is 5.22. The van der Waals surface area contributed by atoms with Crippen molar-refractivity contribution in [1.82, 2.24) is 15.0 Å². The van der Waals surface area contributed by atoms with Gasteiger partial charge in [0, 0.05) is 44.4 Å². The SMILES string of the molecule is Cc1noc(C)c1CN1CCN(C(=O)/C=C/c2ccccc2)CC1.Cl. The fraction of sp³-hybridized carbons (Fsp3) is 0.368. The van der Waals surface area contributed by atoms with Gasteiger partial charge in [0.15, 0.2) is 0 Å². The lowest BCUT2D eigenvalue weighted by molar-refractivity contribution is -0.127. The van der Waals surface area contributed by atoms with Crippen LogP contribution in [-0.4, -0.2) is 47.0 Å². The summed E-state index contributed by atoms with van der Waals surface area (Å²) in [5.74, 6) is 0.965. The molecule has 0 radical (unpaired) electrons. The molecule has 134 valence electrons. The van der Waals surface area contributed by atoms with Gasteiger partial charge in [-0.3, -0.25) is 9.69 Å². The molecule has 3 rings (SSSR count). The zero-order valence-electron chi connectivity index (χ0n) is 14.6. The van der Waals surface area contributed by atoms with E-state index < -0.39 is 0 Å². The number of piperazine rings is 1. The van der Waals surface area contributed by atoms with Crippen molar-refractivity contribution < 1.29 is 9.32 Å². The normalized spacial score (nSPS) is 15.4. The molecule has 2 heterocycles. The average Bonchev–Trinajstić information content (AvgIpc) is 2.93. The Labute approximate surface area is 154 Å². The number of rotatable bonds is 4. The Bertz CT molecular complexity index is 700. The maximum Gasteiger partial charge on any atom is 0.246 e. The standard InChI is InChI=1S/C19H23N3O2.ClH/c1-15-18(16(2)24-20-15)14-21-10-12-22(13-11-21)19(23)9-8-17-6-4-3-5-7-17;/h3-9H,10-14H2,1-2H3;1H/b9-8+;. The van der Waals surface area contributed by atoms with E-state index in [0.717, 1.165) is 49.7 Å². The Morgan fingerprint density at radius 2 is 1.84 bits per heavy atom. The van der Waals surface area contributed by atoms with Crippen molar-refractivity contribution in [2.75, 3.05) is 26.2 Å². The maximum absolute atomic E-state index is 12.3. The van der Waals surface area contributed by atoms with Crippen LogP contribution in [0, 0.1) is 13.8 Å². The Balaban J connectivity index is 0.00000225. The van der Waals surface area contributed by atoms with Crippen LogP contribution in [0.25, 0.3) is 6.08 Å². The van der Waals surface area contributed by atoms with Gasteiger partial charge in [0.2, 0.25) is 5.91 Å². The molecule has 0 saturated carbocycles. The highest BCUT2D eigenvalue weighted by Crippen LogP contribution is 2.16. The molecule has 1 aliphatic heterocycles. The second kappa shape index (κ2) is 8.83. The van der Waals surface area contributed by atoms with Crippen molar-refractivity contribution in [2.24, 2.45) is 0 Å². The van der Waals surface area contributed by atoms with Crippen LogP contribution in [-0.2, 0) is 11.3 Å². The number of hydrogen-bond acceptors (Lipinski definition) is 4. The van der Waals surface area contributed by atoms with E-state index in [9.17, 15) is 4.79 Å². The van der Waals surface area contributed by atoms with Gasteiger partial charge in [-0.2, -0.15) is 0 Å². The number of benzene rings is 1. The number of nitrogens with zero attached hydrogens (tertiary/aromatic N) is 3. The van der Waals surface area contributed by atoms with Crippen molar-refractivity contribution >= 4 is 24.4 Å². The molecule has 0 bridgehead atoms. The van der Waals surface area contributed by atoms with Gasteiger partial charge < -0.3 is 9.42 Å². The fourth-order valence-electron chi connectivity index (χ4n) is 2.91. The molecule has 0 aliphatic carbocycles. The molecular weight excluding hydrogens is 338 g/mol. The minimum atomic E-state index is 0. The van der Waals surface area contributed by atoms with Crippen molar-refractivity contribution in [2.45, 2.75) is 20.4 Å². The lowest BCUT2D eigenvalue weighted by atomic mass is 10.1. The maximum atomic E-state index is 12.3. The van der Waals surface area contributed by atoms with Crippen LogP contribution in [0.5, 0.6) is 0 Å². The second-order valence-corrected chi connectivity index (χ2v) is 6.15. The zero-order chi connectivity index (χ0) is 16.9. The lowest BCUT2D eigenvalue weighted by Gasteiger charge is -2.34. The summed E-state index contributed by atoms with van der Waals surface area (Å²) in [6.45, 7) is 8.00. The number of carbonyl (C=O) groups is 1. The first-order chi connectivity index (χ1) is 11.6. The summed E-state index contributed by atoms with van der Waals surface area (Å²) in [6, 6.07) is 9.89. The molecule has 0 unspecified atom stereocenters. The summed E-state index contributed by atoms with van der Waals surface area (Å²) in [5, 5.41) is 4.00. The second-order valence-electron chi connectivity index (χ2n) is 6.15. The molecule has 1 aliphatic rings. The van der Waals surface area contributed by atoms with Gasteiger partial charge in [-0.25, -0.2) is 0 Å². The van der Waals surface area contributed by atoms with Crippen molar-refractivity contribution in [1.29, 1.82) is 0 Å². The quantitative estimate of drug-likeness (QED) is 0.785. The highest BCUT2D eigenvalue weighted by Gasteiger charge is 2.21. The summed E-state index contributed by atoms with van der Waals surface area (Å²) in [7, 11) is 0. The Morgan fingerprint density at radius 1 is 1.16 bits per heavy atom. The van der Waals surface area contributed by atoms with Crippen LogP contribution in [0.15, 0.2) is 40.9 Å². The first kappa shape index (κ1) is 19.2. The third kappa shape index (κ3) is 4.94. The van der Waals surface area contributed by atoms with Gasteiger partial charge in [0.25, 0.3) is 0 Å². The smallest absolute Gasteiger partial charge is 0.246 e. The van der Waals surface area contributed by atoms with Crippen molar-refractivity contribution in [3.63, 3.8) is 0 Å². The van der Waals surface area contributed by atoms with Gasteiger partial charge in [-0.05, 0) is 25.5 Å². The van der Waals surface area contributed by atoms with Gasteiger partial charge in [-0.1, -0.05) is 35.5 Å². The van der Waals surface area contributed by atoms with Crippen molar-refractivity contribution in [3.05, 3.63) is 59.0 Å². The van der Waals surface area contributed by atoms with E-state index in [-0.39, 0.29) is 18.3 Å². The molecular formula is C19H24ClN3O2. The first-order valence-corrected chi connectivity index (χ1v) is 8.29. The molecule has 0 spiro atoms. The van der Waals surface area contributed by atoms with E-state index >= 15 is 0 Å². The van der Waals surface area contributed by atoms with Gasteiger partial charge in [-0.15, -0.1) is 12.4 Å². The first-order valence-electron chi connectivity index (χ1n) is 8.29. The third-order valence-corrected chi connectivity index (χ3v) is 4.46. The van der Waals surface area contributed by atoms with Gasteiger partial charge in [0.1, 0.15) is 5.76 Å². The molecule has 25 heavy (non-hydrogen) atoms. The molecule has 2 aromatic rings. The highest BCUT2D eigenvalue weighted by atomic mass is 35.5. The fourth-order valence-corrected chi connectivity index (χ4v) is 2.91. The Kier molecular flexibility index (Phi) is 6.79. The van der Waals surface area contributed by atoms with E-state index in [1.54, 1.807) is 6.08 Å². The number of aromatic nitrogens is 1. The summed E-state index contributed by atoms with van der Waals surface area (Å²) in [5.41, 5.74) is 3.17. The van der Waals surface area contributed by atoms with Gasteiger partial charge >= 0.3 is 0 Å². The molecule has 5 nitrogen and oxygen atoms in total. The molecule has 0 atom stereocenters. The van der Waals surface area contributed by atoms with Crippen LogP contribution in [0.4, 0.5) is 0 Å². The molecule has 1 fully saturated rings. The number of hydrogen-bond donors (Lipinski definition) is 0. The predicted molar refractivity (Wildman–Crippen MR) is 101 cm³/mol. The lowest BCUT2D eigenvalue weighted by Crippen LogP contribution is -2.47. The van der Waals surface area contributed by atoms with Crippen LogP contribution in [0.3, 0.4) is 0 Å². The predicted octanol–water partition coefficient (Wildman–Crippen LogP) is 3.07. The third-order valence-electron chi connectivity index (χ3n) is 4.46. The molecule has 1 aromatic carbocycles. The van der Waals surface area contributed by atoms with E-state index in [4.69, 9.17) is 4.52 Å². The summed E-state index contributed by atoms with van der Waals surface area (Å²) in [6.07, 6.45) is 3.54. The summed E-state index contributed by atoms with van der Waals surface area (Å²) >= 11 is 0. The largest absolute Gasteiger partial charge is 0.361 e. The molecule has 1 amide bonds. The Hall–Kier alpha value is -2.11. The van der Waals surface area contributed by atoms with Crippen molar-refractivity contribution in [3.8, 4) is 0 Å². The van der Waals surface area contributed by atoms with E-state index in [1.807, 2.05) is 55.2 Å².